The van der Waals surface area contributed by atoms with Gasteiger partial charge in [-0.3, -0.25) is 4.79 Å². The highest BCUT2D eigenvalue weighted by Crippen LogP contribution is 2.12. The van der Waals surface area contributed by atoms with Crippen LogP contribution < -0.4 is 11.3 Å². The zero-order valence-corrected chi connectivity index (χ0v) is 11.0. The van der Waals surface area contributed by atoms with Crippen molar-refractivity contribution in [2.75, 3.05) is 5.73 Å². The fraction of sp³-hybridized carbons (Fsp3) is 0.267. The van der Waals surface area contributed by atoms with Crippen LogP contribution in [0.25, 0.3) is 0 Å². The third kappa shape index (κ3) is 2.45. The molecule has 1 heterocycles. The molecule has 1 aromatic heterocycles. The molecule has 0 saturated heterocycles. The number of nitrogens with zero attached hydrogens (tertiary/aromatic N) is 1. The molecule has 0 atom stereocenters. The summed E-state index contributed by atoms with van der Waals surface area (Å²) in [6.45, 7) is 6.48. The Morgan fingerprint density at radius 2 is 1.83 bits per heavy atom. The molecule has 18 heavy (non-hydrogen) atoms. The first kappa shape index (κ1) is 12.4. The van der Waals surface area contributed by atoms with Crippen molar-refractivity contribution in [2.45, 2.75) is 27.3 Å². The van der Waals surface area contributed by atoms with E-state index in [9.17, 15) is 4.79 Å². The van der Waals surface area contributed by atoms with Gasteiger partial charge in [-0.2, -0.15) is 0 Å². The van der Waals surface area contributed by atoms with Crippen molar-refractivity contribution in [1.82, 2.24) is 4.57 Å². The fourth-order valence-corrected chi connectivity index (χ4v) is 2.14. The largest absolute Gasteiger partial charge is 0.398 e. The van der Waals surface area contributed by atoms with E-state index in [0.717, 1.165) is 5.56 Å². The summed E-state index contributed by atoms with van der Waals surface area (Å²) in [6.07, 6.45) is 1.70. The fourth-order valence-electron chi connectivity index (χ4n) is 2.14. The number of aromatic nitrogens is 1. The van der Waals surface area contributed by atoms with Crippen LogP contribution in [0.5, 0.6) is 0 Å². The van der Waals surface area contributed by atoms with Gasteiger partial charge in [0.2, 0.25) is 0 Å². The summed E-state index contributed by atoms with van der Waals surface area (Å²) in [4.78, 5) is 12.0. The molecule has 0 fully saturated rings. The molecule has 0 spiro atoms. The third-order valence-electron chi connectivity index (χ3n) is 3.13. The van der Waals surface area contributed by atoms with Crippen LogP contribution in [0.1, 0.15) is 22.3 Å². The molecule has 2 rings (SSSR count). The molecule has 0 unspecified atom stereocenters. The summed E-state index contributed by atoms with van der Waals surface area (Å²) in [7, 11) is 0. The molecule has 0 amide bonds. The molecule has 0 bridgehead atoms. The van der Waals surface area contributed by atoms with Gasteiger partial charge in [0.25, 0.3) is 5.56 Å². The zero-order valence-electron chi connectivity index (χ0n) is 11.0. The number of rotatable bonds is 2. The van der Waals surface area contributed by atoms with E-state index in [4.69, 9.17) is 5.73 Å². The second-order valence-electron chi connectivity index (χ2n) is 4.82. The van der Waals surface area contributed by atoms with E-state index >= 15 is 0 Å². The molecular weight excluding hydrogens is 224 g/mol. The molecule has 3 heteroatoms. The molecule has 0 aliphatic rings. The van der Waals surface area contributed by atoms with E-state index in [-0.39, 0.29) is 5.56 Å². The van der Waals surface area contributed by atoms with Gasteiger partial charge in [-0.05, 0) is 38.0 Å². The van der Waals surface area contributed by atoms with Gasteiger partial charge < -0.3 is 10.3 Å². The quantitative estimate of drug-likeness (QED) is 0.879. The number of hydrogen-bond donors (Lipinski definition) is 1. The molecule has 1 aromatic carbocycles. The average molecular weight is 242 g/mol. The smallest absolute Gasteiger partial charge is 0.253 e. The van der Waals surface area contributed by atoms with Crippen LogP contribution in [-0.2, 0) is 6.54 Å². The Hall–Kier alpha value is -2.03. The van der Waals surface area contributed by atoms with E-state index in [1.807, 2.05) is 0 Å². The second-order valence-corrected chi connectivity index (χ2v) is 4.82. The van der Waals surface area contributed by atoms with Crippen LogP contribution >= 0.6 is 0 Å². The number of anilines is 1. The lowest BCUT2D eigenvalue weighted by molar-refractivity contribution is 0.750. The Kier molecular flexibility index (Phi) is 3.24. The molecule has 2 aromatic rings. The SMILES string of the molecule is Cc1ccc(Cn2cc(N)cc(C)c2=O)c(C)c1. The Morgan fingerprint density at radius 1 is 1.11 bits per heavy atom. The molecule has 0 aliphatic carbocycles. The van der Waals surface area contributed by atoms with Gasteiger partial charge in [0.1, 0.15) is 0 Å². The normalized spacial score (nSPS) is 10.6. The van der Waals surface area contributed by atoms with Gasteiger partial charge in [0.05, 0.1) is 6.54 Å². The standard InChI is InChI=1S/C15H18N2O/c1-10-4-5-13(11(2)6-10)8-17-9-14(16)7-12(3)15(17)18/h4-7,9H,8,16H2,1-3H3. The number of nitrogens with two attached hydrogens (primary N) is 1. The monoisotopic (exact) mass is 242 g/mol. The predicted octanol–water partition coefficient (Wildman–Crippen LogP) is 2.40. The summed E-state index contributed by atoms with van der Waals surface area (Å²) < 4.78 is 1.67. The van der Waals surface area contributed by atoms with Crippen molar-refractivity contribution in [3.8, 4) is 0 Å². The van der Waals surface area contributed by atoms with Gasteiger partial charge in [0, 0.05) is 17.4 Å². The van der Waals surface area contributed by atoms with Crippen molar-refractivity contribution in [3.05, 3.63) is 63.1 Å². The van der Waals surface area contributed by atoms with Crippen molar-refractivity contribution in [2.24, 2.45) is 0 Å². The number of aryl methyl sites for hydroxylation is 3. The molecule has 3 nitrogen and oxygen atoms in total. The number of pyridine rings is 1. The first-order chi connectivity index (χ1) is 8.47. The first-order valence-corrected chi connectivity index (χ1v) is 6.00. The van der Waals surface area contributed by atoms with Crippen molar-refractivity contribution >= 4 is 5.69 Å². The molecule has 94 valence electrons. The maximum atomic E-state index is 12.0. The summed E-state index contributed by atoms with van der Waals surface area (Å²) >= 11 is 0. The number of benzene rings is 1. The van der Waals surface area contributed by atoms with Crippen LogP contribution in [0.4, 0.5) is 5.69 Å². The van der Waals surface area contributed by atoms with Gasteiger partial charge >= 0.3 is 0 Å². The Bertz CT molecular complexity index is 641. The highest BCUT2D eigenvalue weighted by Gasteiger charge is 2.04. The Labute approximate surface area is 107 Å². The van der Waals surface area contributed by atoms with E-state index < -0.39 is 0 Å². The zero-order chi connectivity index (χ0) is 13.3. The Balaban J connectivity index is 2.43. The van der Waals surface area contributed by atoms with Crippen LogP contribution in [0.15, 0.2) is 35.3 Å². The Morgan fingerprint density at radius 3 is 2.50 bits per heavy atom. The van der Waals surface area contributed by atoms with E-state index in [1.165, 1.54) is 11.1 Å². The molecule has 0 aliphatic heterocycles. The topological polar surface area (TPSA) is 48.0 Å². The number of nitrogen functional groups attached to an aromatic ring is 1. The van der Waals surface area contributed by atoms with Crippen molar-refractivity contribution in [3.63, 3.8) is 0 Å². The number of hydrogen-bond acceptors (Lipinski definition) is 2. The highest BCUT2D eigenvalue weighted by molar-refractivity contribution is 5.38. The van der Waals surface area contributed by atoms with Crippen LogP contribution in [0, 0.1) is 20.8 Å². The van der Waals surface area contributed by atoms with E-state index in [1.54, 1.807) is 23.8 Å². The molecule has 2 N–H and O–H groups in total. The lowest BCUT2D eigenvalue weighted by Gasteiger charge is -2.11. The summed E-state index contributed by atoms with van der Waals surface area (Å²) in [5.41, 5.74) is 10.7. The first-order valence-electron chi connectivity index (χ1n) is 6.00. The molecule has 0 radical (unpaired) electrons. The van der Waals surface area contributed by atoms with Gasteiger partial charge in [-0.15, -0.1) is 0 Å². The van der Waals surface area contributed by atoms with Crippen molar-refractivity contribution in [1.29, 1.82) is 0 Å². The maximum absolute atomic E-state index is 12.0. The third-order valence-corrected chi connectivity index (χ3v) is 3.13. The van der Waals surface area contributed by atoms with Crippen LogP contribution in [0.2, 0.25) is 0 Å². The van der Waals surface area contributed by atoms with Gasteiger partial charge in [-0.25, -0.2) is 0 Å². The minimum Gasteiger partial charge on any atom is -0.398 e. The minimum absolute atomic E-state index is 0.0178. The van der Waals surface area contributed by atoms with Crippen LogP contribution in [-0.4, -0.2) is 4.57 Å². The van der Waals surface area contributed by atoms with Gasteiger partial charge in [0.15, 0.2) is 0 Å². The molecule has 0 saturated carbocycles. The summed E-state index contributed by atoms with van der Waals surface area (Å²) in [6, 6.07) is 7.96. The average Bonchev–Trinajstić information content (AvgIpc) is 2.29. The van der Waals surface area contributed by atoms with Gasteiger partial charge in [-0.1, -0.05) is 23.8 Å². The lowest BCUT2D eigenvalue weighted by Crippen LogP contribution is -2.23. The second kappa shape index (κ2) is 4.69. The highest BCUT2D eigenvalue weighted by atomic mass is 16.1. The van der Waals surface area contributed by atoms with E-state index in [2.05, 4.69) is 32.0 Å². The lowest BCUT2D eigenvalue weighted by atomic mass is 10.1. The van der Waals surface area contributed by atoms with Crippen LogP contribution in [0.3, 0.4) is 0 Å². The summed E-state index contributed by atoms with van der Waals surface area (Å²) in [5.74, 6) is 0. The van der Waals surface area contributed by atoms with E-state index in [0.29, 0.717) is 17.8 Å². The maximum Gasteiger partial charge on any atom is 0.253 e. The minimum atomic E-state index is 0.0178. The van der Waals surface area contributed by atoms with Crippen molar-refractivity contribution < 1.29 is 0 Å². The summed E-state index contributed by atoms with van der Waals surface area (Å²) in [5, 5.41) is 0. The molecular formula is C15H18N2O. The predicted molar refractivity (Wildman–Crippen MR) is 74.9 cm³/mol.